The highest BCUT2D eigenvalue weighted by Gasteiger charge is 2.47. The zero-order valence-electron chi connectivity index (χ0n) is 26.5. The SMILES string of the molecule is Nc1ncnc2c1c(-c1ccc(Oc3ccccc3)cc1)nn2[C@@H]1CCCN(C(=O)C2CCN(C3CC4(CCNCC4)C3)CC2)C1. The van der Waals surface area contributed by atoms with Crippen molar-refractivity contribution in [3.63, 3.8) is 0 Å². The Morgan fingerprint density at radius 2 is 1.63 bits per heavy atom. The number of nitrogens with zero attached hydrogens (tertiary/aromatic N) is 6. The van der Waals surface area contributed by atoms with E-state index in [1.807, 2.05) is 59.3 Å². The lowest BCUT2D eigenvalue weighted by molar-refractivity contribution is -0.139. The van der Waals surface area contributed by atoms with Crippen LogP contribution in [-0.2, 0) is 4.79 Å². The standard InChI is InChI=1S/C36H44N8O2/c37-33-31-32(25-8-10-30(11-9-25)46-29-6-2-1-3-7-29)41-44(34(31)40-24-39-33)27-5-4-18-43(23-27)35(45)26-12-19-42(20-13-26)28-21-36(22-28)14-16-38-17-15-36/h1-3,6-11,24,26-28,38H,4-5,12-23H2,(H2,37,39,40)/t27-/m1/s1. The second-order valence-electron chi connectivity index (χ2n) is 13.9. The molecule has 46 heavy (non-hydrogen) atoms. The van der Waals surface area contributed by atoms with Gasteiger partial charge in [-0.25, -0.2) is 14.6 Å². The van der Waals surface area contributed by atoms with Crippen LogP contribution in [0.3, 0.4) is 0 Å². The average molecular weight is 621 g/mol. The van der Waals surface area contributed by atoms with Crippen molar-refractivity contribution in [3.05, 3.63) is 60.9 Å². The molecule has 10 heteroatoms. The molecule has 1 aliphatic carbocycles. The highest BCUT2D eigenvalue weighted by atomic mass is 16.5. The number of aromatic nitrogens is 4. The molecule has 240 valence electrons. The quantitative estimate of drug-likeness (QED) is 0.300. The molecule has 4 aromatic rings. The Morgan fingerprint density at radius 1 is 0.891 bits per heavy atom. The molecule has 4 aliphatic rings. The molecule has 3 aliphatic heterocycles. The van der Waals surface area contributed by atoms with Crippen LogP contribution in [0.15, 0.2) is 60.9 Å². The number of amides is 1. The van der Waals surface area contributed by atoms with Gasteiger partial charge in [0, 0.05) is 30.6 Å². The summed E-state index contributed by atoms with van der Waals surface area (Å²) in [6, 6.07) is 18.4. The number of piperidine rings is 3. The summed E-state index contributed by atoms with van der Waals surface area (Å²) in [5.41, 5.74) is 9.40. The van der Waals surface area contributed by atoms with Crippen LogP contribution < -0.4 is 15.8 Å². The number of fused-ring (bicyclic) bond motifs is 1. The van der Waals surface area contributed by atoms with E-state index < -0.39 is 0 Å². The van der Waals surface area contributed by atoms with Crippen LogP contribution in [0, 0.1) is 11.3 Å². The number of nitrogens with two attached hydrogens (primary N) is 1. The molecular formula is C36H44N8O2. The first kappa shape index (κ1) is 29.4. The van der Waals surface area contributed by atoms with Crippen molar-refractivity contribution in [2.45, 2.75) is 63.5 Å². The first-order valence-electron chi connectivity index (χ1n) is 17.1. The monoisotopic (exact) mass is 620 g/mol. The maximum atomic E-state index is 13.9. The lowest BCUT2D eigenvalue weighted by Crippen LogP contribution is -2.56. The summed E-state index contributed by atoms with van der Waals surface area (Å²) in [6.45, 7) is 5.89. The normalized spacial score (nSPS) is 22.6. The highest BCUT2D eigenvalue weighted by molar-refractivity contribution is 5.98. The number of rotatable bonds is 6. The van der Waals surface area contributed by atoms with E-state index in [1.165, 1.54) is 45.1 Å². The fraction of sp³-hybridized carbons (Fsp3) is 0.500. The van der Waals surface area contributed by atoms with E-state index in [0.29, 0.717) is 29.3 Å². The van der Waals surface area contributed by atoms with Crippen molar-refractivity contribution < 1.29 is 9.53 Å². The number of anilines is 1. The molecule has 1 saturated carbocycles. The maximum Gasteiger partial charge on any atom is 0.225 e. The Kier molecular flexibility index (Phi) is 7.86. The fourth-order valence-electron chi connectivity index (χ4n) is 8.45. The van der Waals surface area contributed by atoms with Gasteiger partial charge in [-0.15, -0.1) is 0 Å². The van der Waals surface area contributed by atoms with Gasteiger partial charge >= 0.3 is 0 Å². The number of hydrogen-bond acceptors (Lipinski definition) is 8. The largest absolute Gasteiger partial charge is 0.457 e. The van der Waals surface area contributed by atoms with Crippen LogP contribution >= 0.6 is 0 Å². The highest BCUT2D eigenvalue weighted by Crippen LogP contribution is 2.50. The summed E-state index contributed by atoms with van der Waals surface area (Å²) in [5.74, 6) is 2.36. The van der Waals surface area contributed by atoms with Crippen molar-refractivity contribution in [2.24, 2.45) is 11.3 Å². The third-order valence-corrected chi connectivity index (χ3v) is 11.1. The molecule has 3 N–H and O–H groups in total. The fourth-order valence-corrected chi connectivity index (χ4v) is 8.45. The van der Waals surface area contributed by atoms with Crippen LogP contribution in [0.1, 0.15) is 57.4 Å². The molecule has 2 aromatic carbocycles. The number of ether oxygens (including phenoxy) is 1. The molecule has 1 spiro atoms. The lowest BCUT2D eigenvalue weighted by atomic mass is 9.60. The topological polar surface area (TPSA) is 114 Å². The van der Waals surface area contributed by atoms with Crippen molar-refractivity contribution >= 4 is 22.8 Å². The first-order valence-corrected chi connectivity index (χ1v) is 17.1. The zero-order valence-corrected chi connectivity index (χ0v) is 26.5. The predicted molar refractivity (Wildman–Crippen MR) is 178 cm³/mol. The van der Waals surface area contributed by atoms with Crippen molar-refractivity contribution in [3.8, 4) is 22.8 Å². The number of para-hydroxylation sites is 1. The van der Waals surface area contributed by atoms with Crippen LogP contribution in [0.25, 0.3) is 22.3 Å². The van der Waals surface area contributed by atoms with Crippen LogP contribution in [-0.4, -0.2) is 80.8 Å². The van der Waals surface area contributed by atoms with Gasteiger partial charge in [-0.2, -0.15) is 5.10 Å². The number of carbonyl (C=O) groups is 1. The molecule has 8 rings (SSSR count). The first-order chi connectivity index (χ1) is 22.6. The summed E-state index contributed by atoms with van der Waals surface area (Å²) in [4.78, 5) is 27.6. The number of nitrogens with one attached hydrogen (secondary N) is 1. The summed E-state index contributed by atoms with van der Waals surface area (Å²) in [7, 11) is 0. The van der Waals surface area contributed by atoms with E-state index in [1.54, 1.807) is 0 Å². The number of hydrogen-bond donors (Lipinski definition) is 2. The Morgan fingerprint density at radius 3 is 2.39 bits per heavy atom. The van der Waals surface area contributed by atoms with Gasteiger partial charge in [-0.05, 0) is 119 Å². The van der Waals surface area contributed by atoms with Crippen molar-refractivity contribution in [2.75, 3.05) is 45.0 Å². The molecule has 0 bridgehead atoms. The van der Waals surface area contributed by atoms with E-state index in [-0.39, 0.29) is 12.0 Å². The Hall–Kier alpha value is -4.02. The molecule has 0 radical (unpaired) electrons. The van der Waals surface area contributed by atoms with Crippen molar-refractivity contribution in [1.82, 2.24) is 34.9 Å². The maximum absolute atomic E-state index is 13.9. The Labute approximate surface area is 270 Å². The molecular weight excluding hydrogens is 576 g/mol. The van der Waals surface area contributed by atoms with Gasteiger partial charge in [-0.1, -0.05) is 18.2 Å². The van der Waals surface area contributed by atoms with E-state index in [0.717, 1.165) is 79.5 Å². The van der Waals surface area contributed by atoms with Crippen molar-refractivity contribution in [1.29, 1.82) is 0 Å². The number of benzene rings is 2. The molecule has 1 atom stereocenters. The van der Waals surface area contributed by atoms with Crippen LogP contribution in [0.4, 0.5) is 5.82 Å². The zero-order chi connectivity index (χ0) is 31.1. The van der Waals surface area contributed by atoms with E-state index in [2.05, 4.69) is 25.1 Å². The van der Waals surface area contributed by atoms with Gasteiger partial charge in [0.05, 0.1) is 11.4 Å². The molecule has 0 unspecified atom stereocenters. The molecule has 1 amide bonds. The summed E-state index contributed by atoms with van der Waals surface area (Å²) in [6.07, 6.45) is 10.7. The van der Waals surface area contributed by atoms with Gasteiger partial charge in [0.25, 0.3) is 0 Å². The summed E-state index contributed by atoms with van der Waals surface area (Å²) < 4.78 is 7.99. The van der Waals surface area contributed by atoms with Gasteiger partial charge in [0.15, 0.2) is 5.65 Å². The molecule has 3 saturated heterocycles. The van der Waals surface area contributed by atoms with Gasteiger partial charge in [0.2, 0.25) is 5.91 Å². The minimum Gasteiger partial charge on any atom is -0.457 e. The van der Waals surface area contributed by atoms with Gasteiger partial charge < -0.3 is 25.6 Å². The smallest absolute Gasteiger partial charge is 0.225 e. The summed E-state index contributed by atoms with van der Waals surface area (Å²) >= 11 is 0. The number of nitrogen functional groups attached to an aromatic ring is 1. The predicted octanol–water partition coefficient (Wildman–Crippen LogP) is 5.28. The molecule has 5 heterocycles. The van der Waals surface area contributed by atoms with E-state index in [9.17, 15) is 4.79 Å². The Balaban J connectivity index is 0.946. The molecule has 10 nitrogen and oxygen atoms in total. The summed E-state index contributed by atoms with van der Waals surface area (Å²) in [5, 5.41) is 9.35. The third kappa shape index (κ3) is 5.62. The molecule has 4 fully saturated rings. The van der Waals surface area contributed by atoms with Crippen LogP contribution in [0.5, 0.6) is 11.5 Å². The van der Waals surface area contributed by atoms with Crippen LogP contribution in [0.2, 0.25) is 0 Å². The van der Waals surface area contributed by atoms with E-state index in [4.69, 9.17) is 15.6 Å². The molecule has 2 aromatic heterocycles. The van der Waals surface area contributed by atoms with Gasteiger partial charge in [0.1, 0.15) is 29.3 Å². The number of likely N-dealkylation sites (tertiary alicyclic amines) is 2. The lowest BCUT2D eigenvalue weighted by Gasteiger charge is -2.55. The minimum absolute atomic E-state index is 0.0279. The minimum atomic E-state index is 0.0279. The average Bonchev–Trinajstić information content (AvgIpc) is 3.49. The van der Waals surface area contributed by atoms with Gasteiger partial charge in [-0.3, -0.25) is 4.79 Å². The van der Waals surface area contributed by atoms with E-state index >= 15 is 0 Å². The third-order valence-electron chi connectivity index (χ3n) is 11.1. The number of carbonyl (C=O) groups excluding carboxylic acids is 1. The second kappa shape index (κ2) is 12.3. The Bertz CT molecular complexity index is 1670. The second-order valence-corrected chi connectivity index (χ2v) is 13.9.